The summed E-state index contributed by atoms with van der Waals surface area (Å²) in [5.41, 5.74) is 0.632. The van der Waals surface area contributed by atoms with Crippen molar-refractivity contribution in [3.8, 4) is 12.1 Å². The second-order valence-corrected chi connectivity index (χ2v) is 5.86. The summed E-state index contributed by atoms with van der Waals surface area (Å²) in [6.07, 6.45) is 1.06. The van der Waals surface area contributed by atoms with Crippen LogP contribution in [0.4, 0.5) is 5.69 Å². The lowest BCUT2D eigenvalue weighted by atomic mass is 10.00. The molecule has 0 saturated carbocycles. The molecular weight excluding hydrogens is 358 g/mol. The molecule has 7 nitrogen and oxygen atoms in total. The molecule has 2 rings (SSSR count). The Labute approximate surface area is 163 Å². The summed E-state index contributed by atoms with van der Waals surface area (Å²) < 4.78 is 10.3. The lowest BCUT2D eigenvalue weighted by Crippen LogP contribution is -2.21. The van der Waals surface area contributed by atoms with Crippen molar-refractivity contribution in [2.75, 3.05) is 24.6 Å². The number of hydrogen-bond donors (Lipinski definition) is 0. The van der Waals surface area contributed by atoms with E-state index in [1.165, 1.54) is 0 Å². The quantitative estimate of drug-likeness (QED) is 0.315. The molecule has 1 aromatic carbocycles. The molecule has 28 heavy (non-hydrogen) atoms. The fraction of sp³-hybridized carbons (Fsp3) is 0.333. The first kappa shape index (κ1) is 20.7. The molecule has 1 aromatic heterocycles. The average Bonchev–Trinajstić information content (AvgIpc) is 2.68. The third-order valence-corrected chi connectivity index (χ3v) is 4.33. The summed E-state index contributed by atoms with van der Waals surface area (Å²) >= 11 is 0. The molecule has 0 fully saturated rings. The maximum atomic E-state index is 12.6. The molecule has 0 bridgehead atoms. The van der Waals surface area contributed by atoms with Gasteiger partial charge in [-0.25, -0.2) is 9.59 Å². The highest BCUT2D eigenvalue weighted by Gasteiger charge is 2.18. The summed E-state index contributed by atoms with van der Waals surface area (Å²) in [7, 11) is 0. The van der Waals surface area contributed by atoms with Crippen LogP contribution in [0.1, 0.15) is 31.9 Å². The predicted octanol–water partition coefficient (Wildman–Crippen LogP) is 3.18. The lowest BCUT2D eigenvalue weighted by Gasteiger charge is -2.21. The van der Waals surface area contributed by atoms with Gasteiger partial charge in [0.15, 0.2) is 0 Å². The van der Waals surface area contributed by atoms with Crippen LogP contribution < -0.4 is 10.5 Å². The van der Waals surface area contributed by atoms with Crippen LogP contribution in [0.5, 0.6) is 0 Å². The van der Waals surface area contributed by atoms with Gasteiger partial charge in [0.25, 0.3) is 0 Å². The van der Waals surface area contributed by atoms with Crippen LogP contribution in [-0.4, -0.2) is 25.7 Å². The van der Waals surface area contributed by atoms with Gasteiger partial charge < -0.3 is 14.1 Å². The fourth-order valence-electron chi connectivity index (χ4n) is 2.96. The Bertz CT molecular complexity index is 1050. The summed E-state index contributed by atoms with van der Waals surface area (Å²) in [6, 6.07) is 9.20. The Morgan fingerprint density at radius 1 is 1.25 bits per heavy atom. The number of nitrogens with zero attached hydrogens (tertiary/aromatic N) is 3. The average molecular weight is 379 g/mol. The minimum absolute atomic E-state index is 0.00856. The van der Waals surface area contributed by atoms with E-state index in [9.17, 15) is 20.1 Å². The number of esters is 1. The normalized spacial score (nSPS) is 11.0. The van der Waals surface area contributed by atoms with Crippen molar-refractivity contribution in [2.24, 2.45) is 0 Å². The van der Waals surface area contributed by atoms with E-state index in [2.05, 4.69) is 4.90 Å². The molecule has 1 heterocycles. The lowest BCUT2D eigenvalue weighted by molar-refractivity contribution is -0.137. The van der Waals surface area contributed by atoms with Gasteiger partial charge in [0.05, 0.1) is 24.7 Å². The van der Waals surface area contributed by atoms with E-state index in [4.69, 9.17) is 9.15 Å². The molecule has 0 spiro atoms. The third kappa shape index (κ3) is 4.21. The highest BCUT2D eigenvalue weighted by molar-refractivity contribution is 5.99. The van der Waals surface area contributed by atoms with Gasteiger partial charge in [-0.3, -0.25) is 0 Å². The molecule has 0 saturated heterocycles. The molecule has 0 aliphatic rings. The van der Waals surface area contributed by atoms with Crippen LogP contribution >= 0.6 is 0 Å². The number of anilines is 1. The van der Waals surface area contributed by atoms with Crippen molar-refractivity contribution < 1.29 is 13.9 Å². The van der Waals surface area contributed by atoms with Gasteiger partial charge >= 0.3 is 11.6 Å². The van der Waals surface area contributed by atoms with E-state index >= 15 is 0 Å². The first-order valence-corrected chi connectivity index (χ1v) is 9.01. The topological polar surface area (TPSA) is 107 Å². The van der Waals surface area contributed by atoms with Crippen LogP contribution in [0.25, 0.3) is 17.0 Å². The smallest absolute Gasteiger partial charge is 0.348 e. The number of nitriles is 2. The minimum Gasteiger partial charge on any atom is -0.462 e. The Hall–Kier alpha value is -3.58. The number of fused-ring (bicyclic) bond motifs is 1. The van der Waals surface area contributed by atoms with Crippen LogP contribution in [0.2, 0.25) is 0 Å². The zero-order valence-corrected chi connectivity index (χ0v) is 16.1. The molecule has 0 aliphatic heterocycles. The SMILES string of the molecule is CCOC(=O)/C(C#N)=C/c1c(CC#N)c2ccc(N(CC)CC)cc2oc1=O. The molecule has 7 heteroatoms. The molecular formula is C21H21N3O4. The molecule has 0 amide bonds. The second kappa shape index (κ2) is 9.38. The number of carbonyl (C=O) groups excluding carboxylic acids is 1. The molecule has 144 valence electrons. The van der Waals surface area contributed by atoms with Gasteiger partial charge in [-0.15, -0.1) is 0 Å². The Kier molecular flexibility index (Phi) is 6.95. The number of ether oxygens (including phenoxy) is 1. The van der Waals surface area contributed by atoms with Crippen molar-refractivity contribution in [1.29, 1.82) is 10.5 Å². The number of hydrogen-bond acceptors (Lipinski definition) is 7. The van der Waals surface area contributed by atoms with Crippen molar-refractivity contribution in [2.45, 2.75) is 27.2 Å². The molecule has 0 unspecified atom stereocenters. The predicted molar refractivity (Wildman–Crippen MR) is 106 cm³/mol. The van der Waals surface area contributed by atoms with E-state index in [0.29, 0.717) is 16.5 Å². The molecule has 0 radical (unpaired) electrons. The van der Waals surface area contributed by atoms with Gasteiger partial charge in [0.1, 0.15) is 17.2 Å². The van der Waals surface area contributed by atoms with Crippen molar-refractivity contribution in [3.63, 3.8) is 0 Å². The first-order valence-electron chi connectivity index (χ1n) is 9.01. The van der Waals surface area contributed by atoms with E-state index in [0.717, 1.165) is 24.9 Å². The van der Waals surface area contributed by atoms with Gasteiger partial charge in [0.2, 0.25) is 0 Å². The Morgan fingerprint density at radius 3 is 2.54 bits per heavy atom. The van der Waals surface area contributed by atoms with E-state index in [-0.39, 0.29) is 24.2 Å². The van der Waals surface area contributed by atoms with Crippen molar-refractivity contribution in [1.82, 2.24) is 0 Å². The Morgan fingerprint density at radius 2 is 1.96 bits per heavy atom. The maximum absolute atomic E-state index is 12.6. The van der Waals surface area contributed by atoms with Crippen LogP contribution in [0.15, 0.2) is 33.0 Å². The van der Waals surface area contributed by atoms with Gasteiger partial charge in [-0.2, -0.15) is 10.5 Å². The van der Waals surface area contributed by atoms with Gasteiger partial charge in [0, 0.05) is 30.2 Å². The molecule has 2 aromatic rings. The zero-order valence-electron chi connectivity index (χ0n) is 16.1. The van der Waals surface area contributed by atoms with Gasteiger partial charge in [-0.05, 0) is 44.5 Å². The first-order chi connectivity index (χ1) is 13.5. The summed E-state index contributed by atoms with van der Waals surface area (Å²) in [5.74, 6) is -0.829. The summed E-state index contributed by atoms with van der Waals surface area (Å²) in [5, 5.41) is 19.1. The van der Waals surface area contributed by atoms with E-state index in [1.54, 1.807) is 25.1 Å². The van der Waals surface area contributed by atoms with E-state index in [1.807, 2.05) is 26.0 Å². The van der Waals surface area contributed by atoms with Crippen LogP contribution in [0.3, 0.4) is 0 Å². The Balaban J connectivity index is 2.73. The number of carbonyl (C=O) groups is 1. The fourth-order valence-corrected chi connectivity index (χ4v) is 2.96. The van der Waals surface area contributed by atoms with Gasteiger partial charge in [-0.1, -0.05) is 0 Å². The third-order valence-electron chi connectivity index (χ3n) is 4.33. The van der Waals surface area contributed by atoms with Crippen molar-refractivity contribution >= 4 is 28.7 Å². The van der Waals surface area contributed by atoms with E-state index < -0.39 is 11.6 Å². The zero-order chi connectivity index (χ0) is 20.7. The highest BCUT2D eigenvalue weighted by Crippen LogP contribution is 2.27. The van der Waals surface area contributed by atoms with Crippen LogP contribution in [-0.2, 0) is 16.0 Å². The standard InChI is InChI=1S/C21H21N3O4/c1-4-24(5-2)15-7-8-17-16(9-10-22)18(21(26)28-19(17)12-15)11-14(13-23)20(25)27-6-3/h7-8,11-12H,4-6,9H2,1-3H3/b14-11+. The second-order valence-electron chi connectivity index (χ2n) is 5.86. The van der Waals surface area contributed by atoms with Crippen molar-refractivity contribution in [3.05, 3.63) is 45.3 Å². The minimum atomic E-state index is -0.829. The number of rotatable bonds is 7. The highest BCUT2D eigenvalue weighted by atomic mass is 16.5. The van der Waals surface area contributed by atoms with Crippen LogP contribution in [0, 0.1) is 22.7 Å². The maximum Gasteiger partial charge on any atom is 0.348 e. The largest absolute Gasteiger partial charge is 0.462 e. The molecule has 0 atom stereocenters. The summed E-state index contributed by atoms with van der Waals surface area (Å²) in [6.45, 7) is 7.36. The monoisotopic (exact) mass is 379 g/mol. The summed E-state index contributed by atoms with van der Waals surface area (Å²) in [4.78, 5) is 26.6. The molecule has 0 aliphatic carbocycles. The number of benzene rings is 1. The molecule has 0 N–H and O–H groups in total.